The van der Waals surface area contributed by atoms with Crippen LogP contribution in [0.5, 0.6) is 5.75 Å². The molecule has 0 saturated heterocycles. The van der Waals surface area contributed by atoms with Gasteiger partial charge in [0.15, 0.2) is 5.82 Å². The molecule has 29 heavy (non-hydrogen) atoms. The summed E-state index contributed by atoms with van der Waals surface area (Å²) in [6.07, 6.45) is 0. The number of rotatable bonds is 4. The molecule has 0 aliphatic carbocycles. The van der Waals surface area contributed by atoms with Crippen molar-refractivity contribution in [2.75, 3.05) is 7.11 Å². The Hall–Kier alpha value is -2.90. The van der Waals surface area contributed by atoms with Crippen LogP contribution in [0.4, 0.5) is 0 Å². The molecule has 0 radical (unpaired) electrons. The minimum Gasteiger partial charge on any atom is -0.497 e. The van der Waals surface area contributed by atoms with Crippen molar-refractivity contribution in [1.82, 2.24) is 20.1 Å². The van der Waals surface area contributed by atoms with Crippen LogP contribution in [-0.2, 0) is 4.79 Å². The summed E-state index contributed by atoms with van der Waals surface area (Å²) in [5, 5.41) is 22.4. The van der Waals surface area contributed by atoms with Gasteiger partial charge in [-0.3, -0.25) is 14.7 Å². The number of aryl methyl sites for hydroxylation is 1. The van der Waals surface area contributed by atoms with Gasteiger partial charge >= 0.3 is 5.97 Å². The Morgan fingerprint density at radius 2 is 1.97 bits per heavy atom. The van der Waals surface area contributed by atoms with E-state index in [4.69, 9.17) is 16.3 Å². The summed E-state index contributed by atoms with van der Waals surface area (Å²) in [6.45, 7) is 3.53. The average molecular weight is 413 g/mol. The minimum absolute atomic E-state index is 0.287. The predicted molar refractivity (Wildman–Crippen MR) is 109 cm³/mol. The molecule has 8 heteroatoms. The second-order valence-corrected chi connectivity index (χ2v) is 7.56. The van der Waals surface area contributed by atoms with Crippen LogP contribution in [0.1, 0.15) is 41.8 Å². The summed E-state index contributed by atoms with van der Waals surface area (Å²) in [5.74, 6) is 0.339. The molecular formula is C21H21ClN4O3. The Balaban J connectivity index is 1.97. The molecule has 0 amide bonds. The summed E-state index contributed by atoms with van der Waals surface area (Å²) in [6, 6.07) is 12.5. The topological polar surface area (TPSA) is 89.3 Å². The summed E-state index contributed by atoms with van der Waals surface area (Å²) in [7, 11) is 1.62. The summed E-state index contributed by atoms with van der Waals surface area (Å²) < 4.78 is 7.37. The third-order valence-corrected chi connectivity index (χ3v) is 5.61. The largest absolute Gasteiger partial charge is 0.497 e. The number of carbonyl (C=O) groups is 1. The fourth-order valence-corrected chi connectivity index (χ4v) is 3.88. The number of ether oxygens (including phenoxy) is 1. The highest BCUT2D eigenvalue weighted by atomic mass is 35.5. The van der Waals surface area contributed by atoms with Gasteiger partial charge < -0.3 is 9.84 Å². The van der Waals surface area contributed by atoms with E-state index in [9.17, 15) is 9.90 Å². The van der Waals surface area contributed by atoms with Crippen molar-refractivity contribution < 1.29 is 14.6 Å². The number of carboxylic acids is 1. The lowest BCUT2D eigenvalue weighted by Crippen LogP contribution is -2.34. The average Bonchev–Trinajstić information content (AvgIpc) is 3.02. The molecule has 150 valence electrons. The molecule has 0 fully saturated rings. The number of hydrogen-bond donors (Lipinski definition) is 2. The fraction of sp³-hybridized carbons (Fsp3) is 0.286. The molecule has 2 N–H and O–H groups in total. The van der Waals surface area contributed by atoms with Gasteiger partial charge in [0.1, 0.15) is 11.6 Å². The van der Waals surface area contributed by atoms with E-state index in [0.29, 0.717) is 22.4 Å². The van der Waals surface area contributed by atoms with Gasteiger partial charge in [-0.15, -0.1) is 10.2 Å². The van der Waals surface area contributed by atoms with Crippen molar-refractivity contribution in [3.8, 4) is 11.4 Å². The highest BCUT2D eigenvalue weighted by Crippen LogP contribution is 2.39. The van der Waals surface area contributed by atoms with E-state index in [2.05, 4.69) is 15.5 Å². The molecule has 1 aliphatic rings. The number of methoxy groups -OCH3 is 1. The Bertz CT molecular complexity index is 1060. The van der Waals surface area contributed by atoms with Gasteiger partial charge in [-0.25, -0.2) is 0 Å². The van der Waals surface area contributed by atoms with Crippen LogP contribution in [0.25, 0.3) is 5.69 Å². The molecule has 1 aromatic heterocycles. The lowest BCUT2D eigenvalue weighted by atomic mass is 9.94. The monoisotopic (exact) mass is 412 g/mol. The first kappa shape index (κ1) is 19.4. The first-order valence-corrected chi connectivity index (χ1v) is 9.63. The van der Waals surface area contributed by atoms with E-state index in [1.54, 1.807) is 14.0 Å². The van der Waals surface area contributed by atoms with Crippen LogP contribution in [0.3, 0.4) is 0 Å². The van der Waals surface area contributed by atoms with Crippen LogP contribution in [0.15, 0.2) is 42.5 Å². The molecule has 4 rings (SSSR count). The lowest BCUT2D eigenvalue weighted by Gasteiger charge is -2.26. The molecule has 3 atom stereocenters. The Morgan fingerprint density at radius 1 is 1.24 bits per heavy atom. The number of fused-ring (bicyclic) bond motifs is 3. The maximum atomic E-state index is 11.9. The van der Waals surface area contributed by atoms with Crippen LogP contribution < -0.4 is 10.1 Å². The number of hydrogen-bond acceptors (Lipinski definition) is 5. The molecule has 2 heterocycles. The minimum atomic E-state index is -0.909. The van der Waals surface area contributed by atoms with Gasteiger partial charge in [0.2, 0.25) is 0 Å². The fourth-order valence-electron chi connectivity index (χ4n) is 3.76. The van der Waals surface area contributed by atoms with Gasteiger partial charge in [0.25, 0.3) is 0 Å². The maximum Gasteiger partial charge on any atom is 0.308 e. The second-order valence-electron chi connectivity index (χ2n) is 7.12. The van der Waals surface area contributed by atoms with Crippen molar-refractivity contribution in [3.05, 3.63) is 70.3 Å². The Labute approximate surface area is 173 Å². The molecule has 0 spiro atoms. The highest BCUT2D eigenvalue weighted by Gasteiger charge is 2.37. The van der Waals surface area contributed by atoms with Crippen LogP contribution in [0.2, 0.25) is 5.02 Å². The molecule has 0 saturated carbocycles. The quantitative estimate of drug-likeness (QED) is 0.679. The number of carboxylic acid groups (broad SMARTS) is 1. The van der Waals surface area contributed by atoms with E-state index < -0.39 is 17.9 Å². The normalized spacial score (nSPS) is 19.0. The Kier molecular flexibility index (Phi) is 5.02. The van der Waals surface area contributed by atoms with Gasteiger partial charge in [-0.1, -0.05) is 23.7 Å². The lowest BCUT2D eigenvalue weighted by molar-refractivity contribution is -0.142. The van der Waals surface area contributed by atoms with Crippen molar-refractivity contribution in [2.45, 2.75) is 25.9 Å². The van der Waals surface area contributed by atoms with E-state index in [-0.39, 0.29) is 6.04 Å². The smallest absolute Gasteiger partial charge is 0.308 e. The number of nitrogens with zero attached hydrogens (tertiary/aromatic N) is 3. The molecule has 7 nitrogen and oxygen atoms in total. The zero-order valence-corrected chi connectivity index (χ0v) is 17.0. The maximum absolute atomic E-state index is 11.9. The van der Waals surface area contributed by atoms with Crippen LogP contribution in [-0.4, -0.2) is 33.0 Å². The highest BCUT2D eigenvalue weighted by molar-refractivity contribution is 6.30. The third kappa shape index (κ3) is 3.36. The van der Waals surface area contributed by atoms with Gasteiger partial charge in [-0.05, 0) is 49.7 Å². The molecule has 1 aliphatic heterocycles. The van der Waals surface area contributed by atoms with Gasteiger partial charge in [0.05, 0.1) is 30.8 Å². The zero-order valence-electron chi connectivity index (χ0n) is 16.3. The molecular weight excluding hydrogens is 392 g/mol. The van der Waals surface area contributed by atoms with Crippen molar-refractivity contribution >= 4 is 17.6 Å². The first-order valence-electron chi connectivity index (χ1n) is 9.25. The predicted octanol–water partition coefficient (Wildman–Crippen LogP) is 3.69. The molecule has 3 aromatic rings. The van der Waals surface area contributed by atoms with Crippen molar-refractivity contribution in [2.24, 2.45) is 5.92 Å². The standard InChI is InChI=1S/C21H21ClN4O3/c1-11(21(27)28)18-20-25-24-12(2)26(20)17-9-8-15(29-3)10-16(17)19(23-18)13-4-6-14(22)7-5-13/h4-11,18-19,23H,1-3H3,(H,27,28)/t11-,18+,19?/m1/s1. The SMILES string of the molecule is COc1ccc2c(c1)C(c1ccc(Cl)cc1)N[C@@H]([C@@H](C)C(=O)O)c1nnc(C)n1-2. The summed E-state index contributed by atoms with van der Waals surface area (Å²) in [4.78, 5) is 11.9. The summed E-state index contributed by atoms with van der Waals surface area (Å²) >= 11 is 6.09. The number of aromatic nitrogens is 3. The zero-order chi connectivity index (χ0) is 20.7. The van der Waals surface area contributed by atoms with E-state index in [1.807, 2.05) is 54.0 Å². The van der Waals surface area contributed by atoms with Gasteiger partial charge in [0, 0.05) is 10.6 Å². The van der Waals surface area contributed by atoms with Crippen LogP contribution in [0, 0.1) is 12.8 Å². The third-order valence-electron chi connectivity index (χ3n) is 5.35. The van der Waals surface area contributed by atoms with Gasteiger partial charge in [-0.2, -0.15) is 0 Å². The second kappa shape index (κ2) is 7.50. The molecule has 0 bridgehead atoms. The number of nitrogens with one attached hydrogen (secondary N) is 1. The number of aliphatic carboxylic acids is 1. The summed E-state index contributed by atoms with van der Waals surface area (Å²) in [5.41, 5.74) is 2.79. The van der Waals surface area contributed by atoms with Crippen molar-refractivity contribution in [3.63, 3.8) is 0 Å². The molecule has 2 aromatic carbocycles. The Morgan fingerprint density at radius 3 is 2.62 bits per heavy atom. The number of halogens is 1. The first-order chi connectivity index (χ1) is 13.9. The van der Waals surface area contributed by atoms with Crippen molar-refractivity contribution in [1.29, 1.82) is 0 Å². The number of benzene rings is 2. The van der Waals surface area contributed by atoms with E-state index >= 15 is 0 Å². The van der Waals surface area contributed by atoms with Crippen LogP contribution >= 0.6 is 11.6 Å². The van der Waals surface area contributed by atoms with E-state index in [0.717, 1.165) is 16.8 Å². The molecule has 1 unspecified atom stereocenters. The van der Waals surface area contributed by atoms with E-state index in [1.165, 1.54) is 0 Å².